The first-order valence-corrected chi connectivity index (χ1v) is 11.2. The number of nitrogens with zero attached hydrogens (tertiary/aromatic N) is 3. The van der Waals surface area contributed by atoms with E-state index in [4.69, 9.17) is 4.74 Å². The molecule has 2 heterocycles. The maximum absolute atomic E-state index is 13.3. The number of ether oxygens (including phenoxy) is 1. The number of anilines is 1. The predicted molar refractivity (Wildman–Crippen MR) is 134 cm³/mol. The van der Waals surface area contributed by atoms with E-state index >= 15 is 0 Å². The lowest BCUT2D eigenvalue weighted by atomic mass is 10.1. The summed E-state index contributed by atoms with van der Waals surface area (Å²) in [6.07, 6.45) is 4.50. The van der Waals surface area contributed by atoms with Crippen molar-refractivity contribution in [2.24, 2.45) is 0 Å². The van der Waals surface area contributed by atoms with Crippen LogP contribution < -0.4 is 5.32 Å². The Kier molecular flexibility index (Phi) is 7.21. The number of fused-ring (bicyclic) bond motifs is 1. The standard InChI is InChI=1S/C28H23FN4O3/c1-18-19(2)33(16-20-8-11-23(29)12-9-20)28(24(18)15-30)32-25(34)17-36-26(35)13-10-22-6-3-5-21-7-4-14-31-27(21)22/h3-14H,16-17H2,1-2H3,(H,32,34). The zero-order valence-corrected chi connectivity index (χ0v) is 19.8. The number of amides is 1. The highest BCUT2D eigenvalue weighted by Crippen LogP contribution is 2.27. The number of carbonyl (C=O) groups is 2. The van der Waals surface area contributed by atoms with Gasteiger partial charge in [0, 0.05) is 35.5 Å². The van der Waals surface area contributed by atoms with Gasteiger partial charge < -0.3 is 14.6 Å². The zero-order chi connectivity index (χ0) is 25.7. The Labute approximate surface area is 207 Å². The van der Waals surface area contributed by atoms with Crippen LogP contribution in [0.5, 0.6) is 0 Å². The van der Waals surface area contributed by atoms with Gasteiger partial charge in [-0.05, 0) is 49.2 Å². The van der Waals surface area contributed by atoms with Crippen molar-refractivity contribution in [2.45, 2.75) is 20.4 Å². The molecule has 4 rings (SSSR count). The van der Waals surface area contributed by atoms with Gasteiger partial charge in [-0.3, -0.25) is 9.78 Å². The SMILES string of the molecule is Cc1c(C#N)c(NC(=O)COC(=O)C=Cc2cccc3cccnc23)n(Cc2ccc(F)cc2)c1C. The molecule has 0 spiro atoms. The Balaban J connectivity index is 1.44. The second-order valence-corrected chi connectivity index (χ2v) is 8.17. The maximum atomic E-state index is 13.3. The first-order valence-electron chi connectivity index (χ1n) is 11.2. The molecule has 36 heavy (non-hydrogen) atoms. The summed E-state index contributed by atoms with van der Waals surface area (Å²) >= 11 is 0. The number of halogens is 1. The molecule has 0 atom stereocenters. The van der Waals surface area contributed by atoms with E-state index in [1.54, 1.807) is 35.9 Å². The Morgan fingerprint density at radius 1 is 1.14 bits per heavy atom. The molecule has 4 aromatic rings. The lowest BCUT2D eigenvalue weighted by Crippen LogP contribution is -2.22. The molecule has 2 aromatic heterocycles. The minimum Gasteiger partial charge on any atom is -0.452 e. The molecule has 7 nitrogen and oxygen atoms in total. The molecule has 8 heteroatoms. The lowest BCUT2D eigenvalue weighted by molar-refractivity contribution is -0.142. The van der Waals surface area contributed by atoms with Gasteiger partial charge in [-0.15, -0.1) is 0 Å². The highest BCUT2D eigenvalue weighted by atomic mass is 19.1. The molecule has 0 saturated heterocycles. The Morgan fingerprint density at radius 2 is 1.89 bits per heavy atom. The van der Waals surface area contributed by atoms with Crippen molar-refractivity contribution in [3.63, 3.8) is 0 Å². The summed E-state index contributed by atoms with van der Waals surface area (Å²) in [7, 11) is 0. The lowest BCUT2D eigenvalue weighted by Gasteiger charge is -2.13. The van der Waals surface area contributed by atoms with Crippen LogP contribution in [-0.4, -0.2) is 28.0 Å². The molecule has 0 unspecified atom stereocenters. The van der Waals surface area contributed by atoms with Crippen molar-refractivity contribution >= 4 is 34.7 Å². The number of rotatable bonds is 7. The minimum atomic E-state index is -0.687. The largest absolute Gasteiger partial charge is 0.452 e. The number of esters is 1. The number of carbonyl (C=O) groups excluding carboxylic acids is 2. The highest BCUT2D eigenvalue weighted by molar-refractivity contribution is 5.96. The van der Waals surface area contributed by atoms with E-state index in [0.717, 1.165) is 33.3 Å². The molecule has 0 bridgehead atoms. The molecule has 1 amide bonds. The van der Waals surface area contributed by atoms with Crippen molar-refractivity contribution in [3.8, 4) is 6.07 Å². The van der Waals surface area contributed by atoms with Crippen LogP contribution in [0, 0.1) is 31.0 Å². The van der Waals surface area contributed by atoms with Gasteiger partial charge in [0.05, 0.1) is 11.1 Å². The number of hydrogen-bond donors (Lipinski definition) is 1. The van der Waals surface area contributed by atoms with Gasteiger partial charge in [0.2, 0.25) is 0 Å². The molecular weight excluding hydrogens is 459 g/mol. The van der Waals surface area contributed by atoms with Gasteiger partial charge in [-0.1, -0.05) is 36.4 Å². The second-order valence-electron chi connectivity index (χ2n) is 8.17. The fourth-order valence-electron chi connectivity index (χ4n) is 3.87. The van der Waals surface area contributed by atoms with E-state index in [9.17, 15) is 19.2 Å². The number of benzene rings is 2. The molecule has 0 aliphatic rings. The molecule has 1 N–H and O–H groups in total. The smallest absolute Gasteiger partial charge is 0.331 e. The van der Waals surface area contributed by atoms with Gasteiger partial charge in [0.25, 0.3) is 5.91 Å². The zero-order valence-electron chi connectivity index (χ0n) is 19.8. The molecule has 2 aromatic carbocycles. The number of aromatic nitrogens is 2. The van der Waals surface area contributed by atoms with Crippen LogP contribution >= 0.6 is 0 Å². The number of para-hydroxylation sites is 1. The number of nitriles is 1. The van der Waals surface area contributed by atoms with Crippen molar-refractivity contribution in [1.29, 1.82) is 5.26 Å². The molecule has 0 aliphatic heterocycles. The van der Waals surface area contributed by atoms with E-state index in [-0.39, 0.29) is 5.82 Å². The fraction of sp³-hybridized carbons (Fsp3) is 0.143. The summed E-state index contributed by atoms with van der Waals surface area (Å²) in [6.45, 7) is 3.42. The van der Waals surface area contributed by atoms with Crippen molar-refractivity contribution in [1.82, 2.24) is 9.55 Å². The van der Waals surface area contributed by atoms with Crippen LogP contribution in [0.2, 0.25) is 0 Å². The molecule has 0 fully saturated rings. The molecule has 0 aliphatic carbocycles. The molecule has 0 radical (unpaired) electrons. The Morgan fingerprint density at radius 3 is 2.64 bits per heavy atom. The summed E-state index contributed by atoms with van der Waals surface area (Å²) in [5.74, 6) is -1.32. The minimum absolute atomic E-state index is 0.301. The summed E-state index contributed by atoms with van der Waals surface area (Å²) in [5.41, 5.74) is 4.12. The third-order valence-corrected chi connectivity index (χ3v) is 5.86. The summed E-state index contributed by atoms with van der Waals surface area (Å²) in [4.78, 5) is 29.2. The first kappa shape index (κ1) is 24.4. The van der Waals surface area contributed by atoms with Crippen molar-refractivity contribution in [3.05, 3.63) is 101 Å². The quantitative estimate of drug-likeness (QED) is 0.298. The molecule has 0 saturated carbocycles. The van der Waals surface area contributed by atoms with Gasteiger partial charge in [0.15, 0.2) is 6.61 Å². The van der Waals surface area contributed by atoms with E-state index in [1.807, 2.05) is 37.3 Å². The second kappa shape index (κ2) is 10.7. The van der Waals surface area contributed by atoms with E-state index in [2.05, 4.69) is 16.4 Å². The Hall–Kier alpha value is -4.77. The highest BCUT2D eigenvalue weighted by Gasteiger charge is 2.20. The first-order chi connectivity index (χ1) is 17.4. The van der Waals surface area contributed by atoms with Gasteiger partial charge in [0.1, 0.15) is 17.7 Å². The predicted octanol–water partition coefficient (Wildman–Crippen LogP) is 4.91. The van der Waals surface area contributed by atoms with Crippen LogP contribution in [-0.2, 0) is 20.9 Å². The van der Waals surface area contributed by atoms with E-state index in [0.29, 0.717) is 17.9 Å². The third kappa shape index (κ3) is 5.31. The monoisotopic (exact) mass is 482 g/mol. The molecule has 180 valence electrons. The van der Waals surface area contributed by atoms with E-state index in [1.165, 1.54) is 18.2 Å². The van der Waals surface area contributed by atoms with Crippen LogP contribution in [0.1, 0.15) is 27.9 Å². The van der Waals surface area contributed by atoms with Crippen molar-refractivity contribution < 1.29 is 18.7 Å². The van der Waals surface area contributed by atoms with Gasteiger partial charge >= 0.3 is 5.97 Å². The maximum Gasteiger partial charge on any atom is 0.331 e. The van der Waals surface area contributed by atoms with Crippen LogP contribution in [0.4, 0.5) is 10.2 Å². The fourth-order valence-corrected chi connectivity index (χ4v) is 3.87. The average Bonchev–Trinajstić information content (AvgIpc) is 3.10. The van der Waals surface area contributed by atoms with Crippen molar-refractivity contribution in [2.75, 3.05) is 11.9 Å². The van der Waals surface area contributed by atoms with Crippen LogP contribution in [0.25, 0.3) is 17.0 Å². The van der Waals surface area contributed by atoms with Gasteiger partial charge in [-0.2, -0.15) is 5.26 Å². The average molecular weight is 483 g/mol. The van der Waals surface area contributed by atoms with Crippen LogP contribution in [0.15, 0.2) is 66.9 Å². The van der Waals surface area contributed by atoms with Gasteiger partial charge in [-0.25, -0.2) is 9.18 Å². The third-order valence-electron chi connectivity index (χ3n) is 5.86. The molecular formula is C28H23FN4O3. The topological polar surface area (TPSA) is 97.0 Å². The summed E-state index contributed by atoms with van der Waals surface area (Å²) in [5, 5.41) is 13.3. The normalized spacial score (nSPS) is 10.9. The number of hydrogen-bond acceptors (Lipinski definition) is 5. The number of pyridine rings is 1. The van der Waals surface area contributed by atoms with E-state index < -0.39 is 18.5 Å². The Bertz CT molecular complexity index is 1510. The summed E-state index contributed by atoms with van der Waals surface area (Å²) < 4.78 is 20.2. The number of nitrogens with one attached hydrogen (secondary N) is 1. The van der Waals surface area contributed by atoms with Crippen LogP contribution in [0.3, 0.4) is 0 Å². The summed E-state index contributed by atoms with van der Waals surface area (Å²) in [6, 6.07) is 17.5.